The smallest absolute Gasteiger partial charge is 0.242 e. The Bertz CT molecular complexity index is 961. The van der Waals surface area contributed by atoms with Crippen molar-refractivity contribution < 1.29 is 9.59 Å². The molecule has 2 aromatic rings. The van der Waals surface area contributed by atoms with Gasteiger partial charge in [0, 0.05) is 22.6 Å². The molecule has 1 fully saturated rings. The molecule has 31 heavy (non-hydrogen) atoms. The summed E-state index contributed by atoms with van der Waals surface area (Å²) in [4.78, 5) is 27.8. The molecule has 0 heterocycles. The molecule has 1 saturated carbocycles. The van der Waals surface area contributed by atoms with E-state index >= 15 is 0 Å². The van der Waals surface area contributed by atoms with Gasteiger partial charge in [-0.3, -0.25) is 9.59 Å². The summed E-state index contributed by atoms with van der Waals surface area (Å²) < 4.78 is 0. The first-order valence-corrected chi connectivity index (χ1v) is 11.7. The molecule has 0 bridgehead atoms. The van der Waals surface area contributed by atoms with Crippen LogP contribution in [-0.4, -0.2) is 28.8 Å². The summed E-state index contributed by atoms with van der Waals surface area (Å²) in [7, 11) is 0. The molecule has 1 aliphatic rings. The number of amides is 2. The number of nitrogens with one attached hydrogen (secondary N) is 1. The average Bonchev–Trinajstić information content (AvgIpc) is 3.23. The first-order valence-electron chi connectivity index (χ1n) is 10.2. The Morgan fingerprint density at radius 1 is 1.00 bits per heavy atom. The van der Waals surface area contributed by atoms with Gasteiger partial charge in [-0.1, -0.05) is 71.4 Å². The van der Waals surface area contributed by atoms with Crippen molar-refractivity contribution in [3.05, 3.63) is 67.6 Å². The molecule has 4 nitrogen and oxygen atoms in total. The van der Waals surface area contributed by atoms with Crippen LogP contribution in [-0.2, 0) is 22.6 Å². The number of nitrogens with zero attached hydrogens (tertiary/aromatic N) is 1. The zero-order valence-electron chi connectivity index (χ0n) is 17.1. The number of rotatable bonds is 7. The molecule has 0 unspecified atom stereocenters. The minimum Gasteiger partial charge on any atom is -0.352 e. The van der Waals surface area contributed by atoms with E-state index in [4.69, 9.17) is 46.4 Å². The molecule has 166 valence electrons. The molecule has 0 radical (unpaired) electrons. The van der Waals surface area contributed by atoms with Crippen LogP contribution in [0.5, 0.6) is 0 Å². The molecular formula is C23H24Cl4N2O2. The van der Waals surface area contributed by atoms with Crippen LogP contribution in [0.25, 0.3) is 0 Å². The Hall–Kier alpha value is -1.46. The lowest BCUT2D eigenvalue weighted by Gasteiger charge is -2.30. The SMILES string of the molecule is C[C@@H](C(=O)NC1CCCC1)N(Cc1ccc(Cl)c(Cl)c1)C(=O)Cc1ccc(Cl)cc1Cl. The van der Waals surface area contributed by atoms with Gasteiger partial charge in [0.05, 0.1) is 16.5 Å². The molecule has 1 N–H and O–H groups in total. The maximum atomic E-state index is 13.3. The average molecular weight is 502 g/mol. The zero-order chi connectivity index (χ0) is 22.5. The predicted molar refractivity (Wildman–Crippen MR) is 127 cm³/mol. The van der Waals surface area contributed by atoms with Gasteiger partial charge in [-0.05, 0) is 55.2 Å². The van der Waals surface area contributed by atoms with Gasteiger partial charge in [0.15, 0.2) is 0 Å². The second-order valence-electron chi connectivity index (χ2n) is 7.85. The van der Waals surface area contributed by atoms with E-state index in [0.29, 0.717) is 25.7 Å². The molecule has 3 rings (SSSR count). The fourth-order valence-electron chi connectivity index (χ4n) is 3.74. The minimum absolute atomic E-state index is 0.0539. The number of benzene rings is 2. The molecule has 1 aliphatic carbocycles. The highest BCUT2D eigenvalue weighted by molar-refractivity contribution is 6.42. The second-order valence-corrected chi connectivity index (χ2v) is 9.51. The summed E-state index contributed by atoms with van der Waals surface area (Å²) in [5.41, 5.74) is 1.43. The van der Waals surface area contributed by atoms with Crippen LogP contribution in [0, 0.1) is 0 Å². The van der Waals surface area contributed by atoms with E-state index in [1.54, 1.807) is 48.2 Å². The summed E-state index contributed by atoms with van der Waals surface area (Å²) in [5, 5.41) is 4.83. The number of carbonyl (C=O) groups excluding carboxylic acids is 2. The van der Waals surface area contributed by atoms with Crippen molar-refractivity contribution in [1.29, 1.82) is 0 Å². The highest BCUT2D eigenvalue weighted by atomic mass is 35.5. The van der Waals surface area contributed by atoms with Crippen molar-refractivity contribution in [1.82, 2.24) is 10.2 Å². The first-order chi connectivity index (χ1) is 14.7. The van der Waals surface area contributed by atoms with Crippen LogP contribution >= 0.6 is 46.4 Å². The van der Waals surface area contributed by atoms with Crippen LogP contribution in [0.15, 0.2) is 36.4 Å². The maximum Gasteiger partial charge on any atom is 0.242 e. The summed E-state index contributed by atoms with van der Waals surface area (Å²) in [6.07, 6.45) is 4.22. The highest BCUT2D eigenvalue weighted by Crippen LogP contribution is 2.26. The maximum absolute atomic E-state index is 13.3. The van der Waals surface area contributed by atoms with Crippen LogP contribution < -0.4 is 5.32 Å². The van der Waals surface area contributed by atoms with E-state index < -0.39 is 6.04 Å². The number of hydrogen-bond donors (Lipinski definition) is 1. The van der Waals surface area contributed by atoms with Gasteiger partial charge >= 0.3 is 0 Å². The number of halogens is 4. The van der Waals surface area contributed by atoms with Crippen molar-refractivity contribution in [3.8, 4) is 0 Å². The van der Waals surface area contributed by atoms with E-state index in [0.717, 1.165) is 31.2 Å². The largest absolute Gasteiger partial charge is 0.352 e. The van der Waals surface area contributed by atoms with Gasteiger partial charge < -0.3 is 10.2 Å². The Labute approximate surface area is 202 Å². The van der Waals surface area contributed by atoms with Crippen LogP contribution in [0.1, 0.15) is 43.7 Å². The Morgan fingerprint density at radius 2 is 1.71 bits per heavy atom. The third-order valence-corrected chi connectivity index (χ3v) is 6.89. The van der Waals surface area contributed by atoms with Gasteiger partial charge in [0.25, 0.3) is 0 Å². The van der Waals surface area contributed by atoms with Gasteiger partial charge in [0.2, 0.25) is 11.8 Å². The van der Waals surface area contributed by atoms with Gasteiger partial charge in [-0.2, -0.15) is 0 Å². The van der Waals surface area contributed by atoms with Crippen molar-refractivity contribution in [2.75, 3.05) is 0 Å². The van der Waals surface area contributed by atoms with Crippen LogP contribution in [0.2, 0.25) is 20.1 Å². The molecule has 8 heteroatoms. The zero-order valence-corrected chi connectivity index (χ0v) is 20.2. The van der Waals surface area contributed by atoms with Crippen LogP contribution in [0.3, 0.4) is 0 Å². The molecular weight excluding hydrogens is 478 g/mol. The topological polar surface area (TPSA) is 49.4 Å². The molecule has 0 spiro atoms. The normalized spacial score (nSPS) is 15.0. The van der Waals surface area contributed by atoms with E-state index in [2.05, 4.69) is 5.32 Å². The van der Waals surface area contributed by atoms with Gasteiger partial charge in [-0.15, -0.1) is 0 Å². The lowest BCUT2D eigenvalue weighted by molar-refractivity contribution is -0.140. The number of hydrogen-bond acceptors (Lipinski definition) is 2. The summed E-state index contributed by atoms with van der Waals surface area (Å²) in [6.45, 7) is 1.96. The lowest BCUT2D eigenvalue weighted by atomic mass is 10.1. The van der Waals surface area contributed by atoms with Crippen molar-refractivity contribution in [2.45, 2.75) is 57.7 Å². The van der Waals surface area contributed by atoms with Crippen LogP contribution in [0.4, 0.5) is 0 Å². The Kier molecular flexibility index (Phi) is 8.51. The fraction of sp³-hybridized carbons (Fsp3) is 0.391. The molecule has 1 atom stereocenters. The van der Waals surface area contributed by atoms with E-state index in [-0.39, 0.29) is 30.8 Å². The fourth-order valence-corrected chi connectivity index (χ4v) is 4.53. The quantitative estimate of drug-likeness (QED) is 0.482. The van der Waals surface area contributed by atoms with E-state index in [9.17, 15) is 9.59 Å². The summed E-state index contributed by atoms with van der Waals surface area (Å²) in [5.74, 6) is -0.383. The van der Waals surface area contributed by atoms with Gasteiger partial charge in [0.1, 0.15) is 6.04 Å². The Morgan fingerprint density at radius 3 is 2.35 bits per heavy atom. The second kappa shape index (κ2) is 10.9. The molecule has 0 saturated heterocycles. The molecule has 2 amide bonds. The Balaban J connectivity index is 1.81. The van der Waals surface area contributed by atoms with Crippen molar-refractivity contribution in [2.24, 2.45) is 0 Å². The van der Waals surface area contributed by atoms with Crippen molar-refractivity contribution >= 4 is 58.2 Å². The molecule has 0 aromatic heterocycles. The first kappa shape index (κ1) is 24.2. The molecule has 2 aromatic carbocycles. The third-order valence-electron chi connectivity index (χ3n) is 5.56. The van der Waals surface area contributed by atoms with E-state index in [1.165, 1.54) is 0 Å². The van der Waals surface area contributed by atoms with Gasteiger partial charge in [-0.25, -0.2) is 0 Å². The monoisotopic (exact) mass is 500 g/mol. The summed E-state index contributed by atoms with van der Waals surface area (Å²) >= 11 is 24.4. The van der Waals surface area contributed by atoms with Crippen molar-refractivity contribution in [3.63, 3.8) is 0 Å². The number of carbonyl (C=O) groups is 2. The third kappa shape index (κ3) is 6.52. The highest BCUT2D eigenvalue weighted by Gasteiger charge is 2.29. The standard InChI is InChI=1S/C23H24Cl4N2O2/c1-14(23(31)28-18-4-2-3-5-18)29(13-15-6-9-19(25)21(27)10-15)22(30)11-16-7-8-17(24)12-20(16)26/h6-10,12,14,18H,2-5,11,13H2,1H3,(H,28,31)/t14-/m0/s1. The predicted octanol–water partition coefficient (Wildman–Crippen LogP) is 6.32. The lowest BCUT2D eigenvalue weighted by Crippen LogP contribution is -2.50. The van der Waals surface area contributed by atoms with E-state index in [1.807, 2.05) is 0 Å². The minimum atomic E-state index is -0.659. The summed E-state index contributed by atoms with van der Waals surface area (Å²) in [6, 6.07) is 9.72. The molecule has 0 aliphatic heterocycles.